The molecule has 1 rings (SSSR count). The molecule has 0 unspecified atom stereocenters. The van der Waals surface area contributed by atoms with Gasteiger partial charge in [-0.25, -0.2) is 0 Å². The van der Waals surface area contributed by atoms with Crippen LogP contribution in [0, 0.1) is 11.8 Å². The molecule has 0 aliphatic heterocycles. The van der Waals surface area contributed by atoms with Gasteiger partial charge < -0.3 is 11.1 Å². The standard InChI is InChI=1S/C11H13ClN2/c1-14-7-3-2-4-9-5-6-10(12)8-11(9)13/h5-6,8,14H,3,7,13H2,1H3. The Morgan fingerprint density at radius 2 is 2.29 bits per heavy atom. The van der Waals surface area contributed by atoms with E-state index in [1.165, 1.54) is 0 Å². The van der Waals surface area contributed by atoms with Gasteiger partial charge in [0.15, 0.2) is 0 Å². The highest BCUT2D eigenvalue weighted by Crippen LogP contribution is 2.16. The molecule has 0 fully saturated rings. The van der Waals surface area contributed by atoms with Crippen LogP contribution in [0.25, 0.3) is 0 Å². The van der Waals surface area contributed by atoms with Gasteiger partial charge in [-0.2, -0.15) is 0 Å². The third kappa shape index (κ3) is 3.29. The summed E-state index contributed by atoms with van der Waals surface area (Å²) < 4.78 is 0. The number of hydrogen-bond acceptors (Lipinski definition) is 2. The van der Waals surface area contributed by atoms with Crippen molar-refractivity contribution in [3.63, 3.8) is 0 Å². The minimum atomic E-state index is 0.634. The Hall–Kier alpha value is -1.17. The van der Waals surface area contributed by atoms with Crippen LogP contribution >= 0.6 is 11.6 Å². The van der Waals surface area contributed by atoms with Gasteiger partial charge in [0, 0.05) is 29.2 Å². The van der Waals surface area contributed by atoms with E-state index < -0.39 is 0 Å². The minimum absolute atomic E-state index is 0.634. The van der Waals surface area contributed by atoms with Crippen LogP contribution in [-0.4, -0.2) is 13.6 Å². The van der Waals surface area contributed by atoms with Gasteiger partial charge in [0.2, 0.25) is 0 Å². The van der Waals surface area contributed by atoms with Crippen LogP contribution in [0.3, 0.4) is 0 Å². The van der Waals surface area contributed by atoms with Gasteiger partial charge in [-0.15, -0.1) is 0 Å². The third-order valence-corrected chi connectivity index (χ3v) is 1.97. The maximum atomic E-state index is 5.76. The van der Waals surface area contributed by atoms with Gasteiger partial charge in [0.1, 0.15) is 0 Å². The number of nitrogen functional groups attached to an aromatic ring is 1. The molecule has 0 saturated heterocycles. The van der Waals surface area contributed by atoms with Crippen molar-refractivity contribution >= 4 is 17.3 Å². The molecule has 0 heterocycles. The predicted octanol–water partition coefficient (Wildman–Crippen LogP) is 1.88. The van der Waals surface area contributed by atoms with E-state index in [4.69, 9.17) is 17.3 Å². The molecule has 0 aliphatic carbocycles. The van der Waals surface area contributed by atoms with E-state index in [1.807, 2.05) is 13.1 Å². The lowest BCUT2D eigenvalue weighted by Gasteiger charge is -1.97. The first-order valence-corrected chi connectivity index (χ1v) is 4.80. The molecule has 0 bridgehead atoms. The molecule has 0 amide bonds. The van der Waals surface area contributed by atoms with E-state index in [1.54, 1.807) is 12.1 Å². The van der Waals surface area contributed by atoms with E-state index in [-0.39, 0.29) is 0 Å². The summed E-state index contributed by atoms with van der Waals surface area (Å²) in [4.78, 5) is 0. The summed E-state index contributed by atoms with van der Waals surface area (Å²) in [7, 11) is 1.90. The van der Waals surface area contributed by atoms with Crippen molar-refractivity contribution in [2.75, 3.05) is 19.3 Å². The Kier molecular flexibility index (Phi) is 4.31. The summed E-state index contributed by atoms with van der Waals surface area (Å²) in [5, 5.41) is 3.66. The van der Waals surface area contributed by atoms with E-state index in [9.17, 15) is 0 Å². The van der Waals surface area contributed by atoms with Gasteiger partial charge in [-0.3, -0.25) is 0 Å². The van der Waals surface area contributed by atoms with Crippen LogP contribution in [0.5, 0.6) is 0 Å². The first-order chi connectivity index (χ1) is 6.74. The van der Waals surface area contributed by atoms with E-state index >= 15 is 0 Å². The molecule has 0 aromatic heterocycles. The largest absolute Gasteiger partial charge is 0.398 e. The first kappa shape index (κ1) is 10.9. The van der Waals surface area contributed by atoms with Crippen LogP contribution < -0.4 is 11.1 Å². The summed E-state index contributed by atoms with van der Waals surface area (Å²) in [6, 6.07) is 5.34. The molecule has 14 heavy (non-hydrogen) atoms. The molecule has 74 valence electrons. The van der Waals surface area contributed by atoms with Crippen molar-refractivity contribution < 1.29 is 0 Å². The predicted molar refractivity (Wildman–Crippen MR) is 61.3 cm³/mol. The fourth-order valence-corrected chi connectivity index (χ4v) is 1.17. The molecular weight excluding hydrogens is 196 g/mol. The first-order valence-electron chi connectivity index (χ1n) is 4.42. The Morgan fingerprint density at radius 1 is 1.50 bits per heavy atom. The van der Waals surface area contributed by atoms with Crippen LogP contribution in [0.15, 0.2) is 18.2 Å². The summed E-state index contributed by atoms with van der Waals surface area (Å²) in [6.07, 6.45) is 0.818. The van der Waals surface area contributed by atoms with E-state index in [2.05, 4.69) is 17.2 Å². The monoisotopic (exact) mass is 208 g/mol. The fourth-order valence-electron chi connectivity index (χ4n) is 0.993. The molecule has 0 saturated carbocycles. The van der Waals surface area contributed by atoms with Crippen molar-refractivity contribution in [3.8, 4) is 11.8 Å². The number of nitrogens with two attached hydrogens (primary N) is 1. The second-order valence-corrected chi connectivity index (χ2v) is 3.32. The Bertz CT molecular complexity index is 363. The van der Waals surface area contributed by atoms with Crippen molar-refractivity contribution in [2.24, 2.45) is 0 Å². The lowest BCUT2D eigenvalue weighted by Crippen LogP contribution is -2.05. The minimum Gasteiger partial charge on any atom is -0.398 e. The molecule has 0 aliphatic rings. The SMILES string of the molecule is CNCCC#Cc1ccc(Cl)cc1N. The molecule has 3 N–H and O–H groups in total. The zero-order valence-corrected chi connectivity index (χ0v) is 8.86. The van der Waals surface area contributed by atoms with Crippen molar-refractivity contribution in [2.45, 2.75) is 6.42 Å². The van der Waals surface area contributed by atoms with Gasteiger partial charge in [0.05, 0.1) is 0 Å². The highest BCUT2D eigenvalue weighted by atomic mass is 35.5. The second-order valence-electron chi connectivity index (χ2n) is 2.89. The van der Waals surface area contributed by atoms with Gasteiger partial charge in [-0.05, 0) is 25.2 Å². The van der Waals surface area contributed by atoms with Crippen LogP contribution in [0.1, 0.15) is 12.0 Å². The molecule has 2 nitrogen and oxygen atoms in total. The average Bonchev–Trinajstić information content (AvgIpc) is 2.15. The molecule has 3 heteroatoms. The average molecular weight is 209 g/mol. The number of benzene rings is 1. The highest BCUT2D eigenvalue weighted by molar-refractivity contribution is 6.30. The summed E-state index contributed by atoms with van der Waals surface area (Å²) in [5.74, 6) is 6.03. The Morgan fingerprint density at radius 3 is 2.93 bits per heavy atom. The number of rotatable bonds is 2. The quantitative estimate of drug-likeness (QED) is 0.443. The summed E-state index contributed by atoms with van der Waals surface area (Å²) in [6.45, 7) is 0.889. The van der Waals surface area contributed by atoms with Crippen molar-refractivity contribution in [1.29, 1.82) is 0 Å². The Balaban J connectivity index is 2.70. The zero-order valence-electron chi connectivity index (χ0n) is 8.10. The number of nitrogens with one attached hydrogen (secondary N) is 1. The smallest absolute Gasteiger partial charge is 0.0488 e. The molecule has 0 atom stereocenters. The molecule has 0 spiro atoms. The Labute approximate surface area is 89.4 Å². The van der Waals surface area contributed by atoms with Gasteiger partial charge >= 0.3 is 0 Å². The zero-order chi connectivity index (χ0) is 10.4. The van der Waals surface area contributed by atoms with Crippen molar-refractivity contribution in [3.05, 3.63) is 28.8 Å². The lowest BCUT2D eigenvalue weighted by molar-refractivity contribution is 0.818. The molecule has 1 aromatic carbocycles. The fraction of sp³-hybridized carbons (Fsp3) is 0.273. The van der Waals surface area contributed by atoms with E-state index in [0.29, 0.717) is 10.7 Å². The second kappa shape index (κ2) is 5.54. The number of hydrogen-bond donors (Lipinski definition) is 2. The maximum absolute atomic E-state index is 5.76. The molecular formula is C11H13ClN2. The number of halogens is 1. The lowest BCUT2D eigenvalue weighted by atomic mass is 10.2. The van der Waals surface area contributed by atoms with Crippen LogP contribution in [0.4, 0.5) is 5.69 Å². The molecule has 0 radical (unpaired) electrons. The van der Waals surface area contributed by atoms with Gasteiger partial charge in [0.25, 0.3) is 0 Å². The highest BCUT2D eigenvalue weighted by Gasteiger charge is 1.95. The normalized spacial score (nSPS) is 9.29. The van der Waals surface area contributed by atoms with Crippen LogP contribution in [0.2, 0.25) is 5.02 Å². The third-order valence-electron chi connectivity index (χ3n) is 1.74. The van der Waals surface area contributed by atoms with E-state index in [0.717, 1.165) is 18.5 Å². The summed E-state index contributed by atoms with van der Waals surface area (Å²) >= 11 is 5.76. The summed E-state index contributed by atoms with van der Waals surface area (Å²) in [5.41, 5.74) is 7.21. The number of anilines is 1. The van der Waals surface area contributed by atoms with Crippen LogP contribution in [-0.2, 0) is 0 Å². The molecule has 1 aromatic rings. The van der Waals surface area contributed by atoms with Crippen molar-refractivity contribution in [1.82, 2.24) is 5.32 Å². The topological polar surface area (TPSA) is 38.0 Å². The van der Waals surface area contributed by atoms with Gasteiger partial charge in [-0.1, -0.05) is 23.4 Å². The maximum Gasteiger partial charge on any atom is 0.0488 e.